The molecular weight excluding hydrogens is 228 g/mol. The van der Waals surface area contributed by atoms with Crippen LogP contribution in [0, 0.1) is 5.41 Å². The summed E-state index contributed by atoms with van der Waals surface area (Å²) >= 11 is 0. The van der Waals surface area contributed by atoms with Crippen molar-refractivity contribution in [1.82, 2.24) is 15.2 Å². The SMILES string of the molecule is CNC(C(=N)c1ccncc1)C(=O)N1CCCC1. The molecule has 1 aromatic rings. The number of carbonyl (C=O) groups is 1. The van der Waals surface area contributed by atoms with Gasteiger partial charge in [0, 0.05) is 31.0 Å². The van der Waals surface area contributed by atoms with Crippen molar-refractivity contribution in [2.75, 3.05) is 20.1 Å². The van der Waals surface area contributed by atoms with Gasteiger partial charge in [0.05, 0.1) is 5.71 Å². The maximum Gasteiger partial charge on any atom is 0.245 e. The molecule has 0 saturated carbocycles. The molecule has 1 amide bonds. The van der Waals surface area contributed by atoms with Crippen LogP contribution in [0.5, 0.6) is 0 Å². The highest BCUT2D eigenvalue weighted by Crippen LogP contribution is 2.11. The van der Waals surface area contributed by atoms with Gasteiger partial charge in [0.25, 0.3) is 0 Å². The summed E-state index contributed by atoms with van der Waals surface area (Å²) < 4.78 is 0. The maximum atomic E-state index is 12.3. The largest absolute Gasteiger partial charge is 0.341 e. The quantitative estimate of drug-likeness (QED) is 0.767. The maximum absolute atomic E-state index is 12.3. The van der Waals surface area contributed by atoms with Gasteiger partial charge in [0.2, 0.25) is 5.91 Å². The Morgan fingerprint density at radius 1 is 1.39 bits per heavy atom. The Hall–Kier alpha value is -1.75. The van der Waals surface area contributed by atoms with Gasteiger partial charge < -0.3 is 15.6 Å². The minimum absolute atomic E-state index is 0.00295. The minimum atomic E-state index is -0.564. The number of amides is 1. The van der Waals surface area contributed by atoms with E-state index in [4.69, 9.17) is 5.41 Å². The number of carbonyl (C=O) groups excluding carboxylic acids is 1. The van der Waals surface area contributed by atoms with E-state index in [-0.39, 0.29) is 5.91 Å². The number of hydrogen-bond donors (Lipinski definition) is 2. The molecule has 1 aromatic heterocycles. The Morgan fingerprint density at radius 3 is 2.56 bits per heavy atom. The highest BCUT2D eigenvalue weighted by molar-refractivity contribution is 6.14. The molecule has 5 nitrogen and oxygen atoms in total. The van der Waals surface area contributed by atoms with Crippen molar-refractivity contribution < 1.29 is 4.79 Å². The number of pyridine rings is 1. The molecule has 0 bridgehead atoms. The lowest BCUT2D eigenvalue weighted by molar-refractivity contribution is -0.130. The van der Waals surface area contributed by atoms with E-state index >= 15 is 0 Å². The van der Waals surface area contributed by atoms with E-state index in [1.807, 2.05) is 4.90 Å². The molecule has 0 aromatic carbocycles. The zero-order valence-electron chi connectivity index (χ0n) is 10.5. The van der Waals surface area contributed by atoms with Gasteiger partial charge in [-0.1, -0.05) is 0 Å². The van der Waals surface area contributed by atoms with Gasteiger partial charge in [-0.25, -0.2) is 0 Å². The minimum Gasteiger partial charge on any atom is -0.341 e. The normalized spacial score (nSPS) is 16.6. The molecule has 1 saturated heterocycles. The number of aromatic nitrogens is 1. The first-order valence-corrected chi connectivity index (χ1v) is 6.19. The fourth-order valence-corrected chi connectivity index (χ4v) is 2.21. The first kappa shape index (κ1) is 12.7. The monoisotopic (exact) mass is 246 g/mol. The van der Waals surface area contributed by atoms with E-state index in [0.29, 0.717) is 5.71 Å². The first-order valence-electron chi connectivity index (χ1n) is 6.19. The molecule has 5 heteroatoms. The van der Waals surface area contributed by atoms with Gasteiger partial charge in [-0.15, -0.1) is 0 Å². The second kappa shape index (κ2) is 5.73. The van der Waals surface area contributed by atoms with Crippen molar-refractivity contribution in [1.29, 1.82) is 5.41 Å². The van der Waals surface area contributed by atoms with Crippen LogP contribution in [-0.4, -0.2) is 47.7 Å². The predicted octanol–water partition coefficient (Wildman–Crippen LogP) is 0.660. The molecule has 96 valence electrons. The topological polar surface area (TPSA) is 69.1 Å². The molecule has 2 rings (SSSR count). The molecule has 1 unspecified atom stereocenters. The fraction of sp³-hybridized carbons (Fsp3) is 0.462. The van der Waals surface area contributed by atoms with Crippen molar-refractivity contribution in [2.45, 2.75) is 18.9 Å². The van der Waals surface area contributed by atoms with E-state index < -0.39 is 6.04 Å². The van der Waals surface area contributed by atoms with Crippen LogP contribution in [0.1, 0.15) is 18.4 Å². The van der Waals surface area contributed by atoms with Crippen LogP contribution < -0.4 is 5.32 Å². The number of hydrogen-bond acceptors (Lipinski definition) is 4. The number of likely N-dealkylation sites (N-methyl/N-ethyl adjacent to an activating group) is 1. The Morgan fingerprint density at radius 2 is 2.00 bits per heavy atom. The molecule has 2 N–H and O–H groups in total. The molecule has 1 fully saturated rings. The molecule has 1 atom stereocenters. The molecule has 18 heavy (non-hydrogen) atoms. The van der Waals surface area contributed by atoms with Crippen LogP contribution in [-0.2, 0) is 4.79 Å². The van der Waals surface area contributed by atoms with E-state index in [1.165, 1.54) is 0 Å². The van der Waals surface area contributed by atoms with Gasteiger partial charge in [-0.05, 0) is 32.0 Å². The summed E-state index contributed by atoms with van der Waals surface area (Å²) in [5.41, 5.74) is 1.04. The molecular formula is C13H18N4O. The average molecular weight is 246 g/mol. The second-order valence-electron chi connectivity index (χ2n) is 4.40. The Labute approximate surface area is 107 Å². The molecule has 1 aliphatic heterocycles. The standard InChI is InChI=1S/C13H18N4O/c1-15-12(13(18)17-8-2-3-9-17)11(14)10-4-6-16-7-5-10/h4-7,12,14-15H,2-3,8-9H2,1H3. The Bertz CT molecular complexity index is 426. The van der Waals surface area contributed by atoms with Gasteiger partial charge >= 0.3 is 0 Å². The Balaban J connectivity index is 2.13. The van der Waals surface area contributed by atoms with Crippen LogP contribution >= 0.6 is 0 Å². The fourth-order valence-electron chi connectivity index (χ4n) is 2.21. The molecule has 2 heterocycles. The Kier molecular flexibility index (Phi) is 4.04. The van der Waals surface area contributed by atoms with Gasteiger partial charge in [0.15, 0.2) is 0 Å². The van der Waals surface area contributed by atoms with E-state index in [1.54, 1.807) is 31.6 Å². The number of rotatable bonds is 4. The van der Waals surface area contributed by atoms with E-state index in [0.717, 1.165) is 31.5 Å². The highest BCUT2D eigenvalue weighted by Gasteiger charge is 2.28. The summed E-state index contributed by atoms with van der Waals surface area (Å²) in [4.78, 5) is 18.1. The third-order valence-electron chi connectivity index (χ3n) is 3.23. The van der Waals surface area contributed by atoms with Crippen molar-refractivity contribution >= 4 is 11.6 Å². The van der Waals surface area contributed by atoms with Crippen LogP contribution in [0.3, 0.4) is 0 Å². The van der Waals surface area contributed by atoms with Gasteiger partial charge in [0.1, 0.15) is 6.04 Å². The van der Waals surface area contributed by atoms with Crippen LogP contribution in [0.15, 0.2) is 24.5 Å². The smallest absolute Gasteiger partial charge is 0.245 e. The van der Waals surface area contributed by atoms with Crippen LogP contribution in [0.2, 0.25) is 0 Å². The van der Waals surface area contributed by atoms with Crippen molar-refractivity contribution in [2.24, 2.45) is 0 Å². The summed E-state index contributed by atoms with van der Waals surface area (Å²) in [5.74, 6) is -0.00295. The number of likely N-dealkylation sites (tertiary alicyclic amines) is 1. The predicted molar refractivity (Wildman–Crippen MR) is 69.7 cm³/mol. The molecule has 0 radical (unpaired) electrons. The van der Waals surface area contributed by atoms with Crippen molar-refractivity contribution in [3.63, 3.8) is 0 Å². The lowest BCUT2D eigenvalue weighted by Crippen LogP contribution is -2.48. The summed E-state index contributed by atoms with van der Waals surface area (Å²) in [7, 11) is 1.72. The van der Waals surface area contributed by atoms with E-state index in [9.17, 15) is 4.79 Å². The lowest BCUT2D eigenvalue weighted by atomic mass is 10.0. The average Bonchev–Trinajstić information content (AvgIpc) is 2.94. The molecule has 1 aliphatic rings. The van der Waals surface area contributed by atoms with Gasteiger partial charge in [-0.3, -0.25) is 9.78 Å². The van der Waals surface area contributed by atoms with E-state index in [2.05, 4.69) is 10.3 Å². The highest BCUT2D eigenvalue weighted by atomic mass is 16.2. The second-order valence-corrected chi connectivity index (χ2v) is 4.40. The number of nitrogens with zero attached hydrogens (tertiary/aromatic N) is 2. The zero-order valence-corrected chi connectivity index (χ0v) is 10.5. The van der Waals surface area contributed by atoms with Crippen LogP contribution in [0.25, 0.3) is 0 Å². The first-order chi connectivity index (χ1) is 8.74. The third-order valence-corrected chi connectivity index (χ3v) is 3.23. The summed E-state index contributed by atoms with van der Waals surface area (Å²) in [5, 5.41) is 11.1. The zero-order chi connectivity index (χ0) is 13.0. The summed E-state index contributed by atoms with van der Waals surface area (Å²) in [6, 6.07) is 2.94. The molecule has 0 spiro atoms. The number of nitrogens with one attached hydrogen (secondary N) is 2. The lowest BCUT2D eigenvalue weighted by Gasteiger charge is -2.23. The third kappa shape index (κ3) is 2.56. The van der Waals surface area contributed by atoms with Gasteiger partial charge in [-0.2, -0.15) is 0 Å². The summed E-state index contributed by atoms with van der Waals surface area (Å²) in [6.07, 6.45) is 5.39. The summed E-state index contributed by atoms with van der Waals surface area (Å²) in [6.45, 7) is 1.61. The molecule has 0 aliphatic carbocycles. The van der Waals surface area contributed by atoms with Crippen LogP contribution in [0.4, 0.5) is 0 Å². The van der Waals surface area contributed by atoms with Crippen molar-refractivity contribution in [3.8, 4) is 0 Å². The van der Waals surface area contributed by atoms with Crippen molar-refractivity contribution in [3.05, 3.63) is 30.1 Å².